The molecule has 0 heterocycles. The molecule has 9 nitrogen and oxygen atoms in total. The first-order valence-electron chi connectivity index (χ1n) is 14.7. The summed E-state index contributed by atoms with van der Waals surface area (Å²) in [6.07, 6.45) is 0. The van der Waals surface area contributed by atoms with Crippen LogP contribution in [0, 0.1) is 27.7 Å². The average molecular weight is 804 g/mol. The van der Waals surface area contributed by atoms with E-state index in [0.717, 1.165) is 31.9 Å². The molecule has 0 aliphatic heterocycles. The smallest absolute Gasteiger partial charge is 1.00 e. The molecule has 0 atom stereocenters. The molecule has 0 bridgehead atoms. The molecule has 0 unspecified atom stereocenters. The first-order chi connectivity index (χ1) is 22.1. The molecular formula is C36H45Cl3O9SiTi. The van der Waals surface area contributed by atoms with Gasteiger partial charge in [0.05, 0.1) is 64.0 Å². The first kappa shape index (κ1) is 47.0. The summed E-state index contributed by atoms with van der Waals surface area (Å²) in [5.41, 5.74) is 4.61. The van der Waals surface area contributed by atoms with Crippen molar-refractivity contribution in [1.82, 2.24) is 0 Å². The fraction of sp³-hybridized carbons (Fsp3) is 0.361. The van der Waals surface area contributed by atoms with E-state index in [9.17, 15) is 0 Å². The van der Waals surface area contributed by atoms with Gasteiger partial charge < -0.3 is 79.9 Å². The van der Waals surface area contributed by atoms with E-state index in [2.05, 4.69) is 27.7 Å². The summed E-state index contributed by atoms with van der Waals surface area (Å²) in [6.45, 7) is 8.61. The van der Waals surface area contributed by atoms with Gasteiger partial charge in [-0.15, -0.1) is 0 Å². The van der Waals surface area contributed by atoms with Gasteiger partial charge in [-0.25, -0.2) is 0 Å². The Morgan fingerprint density at radius 3 is 0.940 bits per heavy atom. The minimum absolute atomic E-state index is 0. The Labute approximate surface area is 330 Å². The monoisotopic (exact) mass is 802 g/mol. The molecule has 0 aliphatic carbocycles. The Morgan fingerprint density at radius 2 is 0.740 bits per heavy atom. The molecule has 0 fully saturated rings. The fourth-order valence-electron chi connectivity index (χ4n) is 6.63. The SMILES string of the molecule is COc1cc(OC)c(OC)c([Si](c2cc(OC)cc(OC)c2OC)(c2cc(OC)cc(OC)c2OC)c2c(C)c(C)c(C)[c-]2C)c1.[Cl-].[Cl-].[Cl-].[Ti+4]. The molecule has 0 spiro atoms. The molecule has 50 heavy (non-hydrogen) atoms. The van der Waals surface area contributed by atoms with Gasteiger partial charge in [-0.2, -0.15) is 27.4 Å². The van der Waals surface area contributed by atoms with E-state index in [1.54, 1.807) is 64.0 Å². The van der Waals surface area contributed by atoms with E-state index >= 15 is 0 Å². The minimum Gasteiger partial charge on any atom is -1.00 e. The topological polar surface area (TPSA) is 83.1 Å². The Hall–Kier alpha value is -2.99. The van der Waals surface area contributed by atoms with E-state index in [0.29, 0.717) is 51.7 Å². The summed E-state index contributed by atoms with van der Waals surface area (Å²) in [4.78, 5) is 0. The van der Waals surface area contributed by atoms with Crippen LogP contribution < -0.4 is 101 Å². The van der Waals surface area contributed by atoms with Crippen LogP contribution in [-0.2, 0) is 21.7 Å². The van der Waals surface area contributed by atoms with Gasteiger partial charge in [-0.05, 0) is 18.2 Å². The van der Waals surface area contributed by atoms with E-state index in [1.165, 1.54) is 11.1 Å². The first-order valence-corrected chi connectivity index (χ1v) is 16.7. The zero-order chi connectivity index (χ0) is 33.9. The van der Waals surface area contributed by atoms with Crippen LogP contribution in [0.5, 0.6) is 51.7 Å². The van der Waals surface area contributed by atoms with Crippen molar-refractivity contribution in [1.29, 1.82) is 0 Å². The number of hydrogen-bond donors (Lipinski definition) is 0. The molecule has 4 rings (SSSR count). The van der Waals surface area contributed by atoms with Gasteiger partial charge in [0.15, 0.2) is 42.6 Å². The van der Waals surface area contributed by atoms with Crippen LogP contribution in [0.15, 0.2) is 36.4 Å². The van der Waals surface area contributed by atoms with Crippen LogP contribution in [0.1, 0.15) is 22.3 Å². The van der Waals surface area contributed by atoms with Gasteiger partial charge in [0, 0.05) is 33.8 Å². The average Bonchev–Trinajstić information content (AvgIpc) is 3.28. The summed E-state index contributed by atoms with van der Waals surface area (Å²) in [5, 5.41) is 3.58. The minimum atomic E-state index is -3.74. The van der Waals surface area contributed by atoms with Gasteiger partial charge >= 0.3 is 21.7 Å². The molecule has 14 heteroatoms. The summed E-state index contributed by atoms with van der Waals surface area (Å²) < 4.78 is 54.4. The van der Waals surface area contributed by atoms with Crippen LogP contribution in [0.2, 0.25) is 0 Å². The third kappa shape index (κ3) is 7.61. The molecule has 0 saturated heterocycles. The second-order valence-corrected chi connectivity index (χ2v) is 14.5. The number of methoxy groups -OCH3 is 9. The predicted octanol–water partition coefficient (Wildman–Crippen LogP) is -4.90. The zero-order valence-corrected chi connectivity index (χ0v) is 35.6. The molecule has 0 N–H and O–H groups in total. The van der Waals surface area contributed by atoms with Gasteiger partial charge in [0.2, 0.25) is 0 Å². The van der Waals surface area contributed by atoms with Crippen LogP contribution in [0.25, 0.3) is 0 Å². The Morgan fingerprint density at radius 1 is 0.440 bits per heavy atom. The second-order valence-electron chi connectivity index (χ2n) is 10.9. The van der Waals surface area contributed by atoms with Crippen molar-refractivity contribution in [2.24, 2.45) is 0 Å². The van der Waals surface area contributed by atoms with Crippen molar-refractivity contribution in [3.05, 3.63) is 58.7 Å². The molecule has 272 valence electrons. The standard InChI is InChI=1S/C36H45O9Si.3ClH.Ti/c1-20-21(2)23(4)36(22(20)3)46(30-17-24(37-5)14-27(40-8)33(30)43-11,31-18-25(38-6)15-28(41-9)34(31)44-12)32-19-26(39-7)16-29(42-10)35(32)45-13;;;;/h14-19H,1-13H3;3*1H;/q-1;;;;+4/p-3. The maximum Gasteiger partial charge on any atom is 4.00 e. The summed E-state index contributed by atoms with van der Waals surface area (Å²) in [5.74, 6) is 4.89. The van der Waals surface area contributed by atoms with Crippen LogP contribution in [-0.4, -0.2) is 72.1 Å². The maximum absolute atomic E-state index is 6.27. The Kier molecular flexibility index (Phi) is 18.4. The predicted molar refractivity (Wildman–Crippen MR) is 184 cm³/mol. The van der Waals surface area contributed by atoms with Crippen LogP contribution in [0.4, 0.5) is 0 Å². The molecule has 0 aromatic heterocycles. The van der Waals surface area contributed by atoms with Crippen molar-refractivity contribution in [2.45, 2.75) is 27.7 Å². The van der Waals surface area contributed by atoms with Gasteiger partial charge in [-0.3, -0.25) is 0 Å². The van der Waals surface area contributed by atoms with Crippen LogP contribution >= 0.6 is 0 Å². The number of benzene rings is 3. The van der Waals surface area contributed by atoms with Gasteiger partial charge in [0.25, 0.3) is 0 Å². The third-order valence-electron chi connectivity index (χ3n) is 9.09. The molecule has 0 radical (unpaired) electrons. The van der Waals surface area contributed by atoms with Crippen molar-refractivity contribution in [2.75, 3.05) is 64.0 Å². The van der Waals surface area contributed by atoms with Gasteiger partial charge in [-0.1, -0.05) is 27.7 Å². The zero-order valence-electron chi connectivity index (χ0n) is 30.8. The maximum atomic E-state index is 6.27. The summed E-state index contributed by atoms with van der Waals surface area (Å²) in [7, 11) is 10.9. The van der Waals surface area contributed by atoms with E-state index in [4.69, 9.17) is 42.6 Å². The van der Waals surface area contributed by atoms with Crippen molar-refractivity contribution >= 4 is 28.8 Å². The normalized spacial score (nSPS) is 10.3. The molecule has 0 amide bonds. The molecule has 4 aromatic rings. The molecule has 0 aliphatic rings. The molecule has 4 aromatic carbocycles. The van der Waals surface area contributed by atoms with Gasteiger partial charge in [0.1, 0.15) is 17.2 Å². The third-order valence-corrected chi connectivity index (χ3v) is 14.1. The molecule has 0 saturated carbocycles. The van der Waals surface area contributed by atoms with Crippen molar-refractivity contribution in [3.8, 4) is 51.7 Å². The number of rotatable bonds is 13. The summed E-state index contributed by atoms with van der Waals surface area (Å²) in [6, 6.07) is 11.5. The number of ether oxygens (including phenoxy) is 9. The second kappa shape index (κ2) is 19.6. The van der Waals surface area contributed by atoms with Crippen molar-refractivity contribution < 1.29 is 102 Å². The van der Waals surface area contributed by atoms with E-state index in [-0.39, 0.29) is 58.9 Å². The Bertz CT molecular complexity index is 1570. The van der Waals surface area contributed by atoms with Crippen LogP contribution in [0.3, 0.4) is 0 Å². The number of halogens is 3. The molecular weight excluding hydrogens is 759 g/mol. The number of hydrogen-bond acceptors (Lipinski definition) is 9. The fourth-order valence-corrected chi connectivity index (χ4v) is 12.6. The quantitative estimate of drug-likeness (QED) is 0.0752. The Balaban J connectivity index is 0.00000600. The van der Waals surface area contributed by atoms with E-state index < -0.39 is 8.07 Å². The largest absolute Gasteiger partial charge is 4.00 e. The van der Waals surface area contributed by atoms with E-state index in [1.807, 2.05) is 36.4 Å². The summed E-state index contributed by atoms with van der Waals surface area (Å²) >= 11 is 0. The van der Waals surface area contributed by atoms with Crippen molar-refractivity contribution in [3.63, 3.8) is 0 Å².